The van der Waals surface area contributed by atoms with Crippen molar-refractivity contribution in [1.29, 1.82) is 0 Å². The number of fused-ring (bicyclic) bond motifs is 1. The molecule has 0 saturated heterocycles. The van der Waals surface area contributed by atoms with E-state index in [1.807, 2.05) is 18.2 Å². The van der Waals surface area contributed by atoms with E-state index in [1.165, 1.54) is 21.2 Å². The maximum absolute atomic E-state index is 13.6. The molecule has 0 aliphatic carbocycles. The lowest BCUT2D eigenvalue weighted by atomic mass is 10.1. The minimum atomic E-state index is -1.05. The molecule has 1 amide bonds. The fourth-order valence-corrected chi connectivity index (χ4v) is 3.82. The van der Waals surface area contributed by atoms with Crippen molar-refractivity contribution in [3.05, 3.63) is 82.2 Å². The molecule has 0 aliphatic heterocycles. The molecule has 36 heavy (non-hydrogen) atoms. The maximum Gasteiger partial charge on any atom is 0.300 e. The first kappa shape index (κ1) is 24.8. The summed E-state index contributed by atoms with van der Waals surface area (Å²) in [5, 5.41) is 10.9. The van der Waals surface area contributed by atoms with Gasteiger partial charge in [-0.25, -0.2) is 8.78 Å². The summed E-state index contributed by atoms with van der Waals surface area (Å²) in [5.41, 5.74) is 0.722. The number of hydrogen-bond acceptors (Lipinski definition) is 6. The number of aromatic nitrogens is 4. The third-order valence-corrected chi connectivity index (χ3v) is 5.71. The SMILES string of the molecule is COc1ccc(CCNC(=O)CCCc2nnc3c(=O)n(-c4ccc(F)c(F)c4)ccn23)cc1OC. The minimum absolute atomic E-state index is 0.0524. The van der Waals surface area contributed by atoms with E-state index in [4.69, 9.17) is 9.47 Å². The first-order chi connectivity index (χ1) is 17.4. The highest BCUT2D eigenvalue weighted by atomic mass is 19.2. The Balaban J connectivity index is 1.31. The molecule has 0 bridgehead atoms. The quantitative estimate of drug-likeness (QED) is 0.362. The second-order valence-corrected chi connectivity index (χ2v) is 8.02. The van der Waals surface area contributed by atoms with Crippen molar-refractivity contribution in [3.8, 4) is 17.2 Å². The number of methoxy groups -OCH3 is 2. The van der Waals surface area contributed by atoms with Gasteiger partial charge in [0.2, 0.25) is 11.6 Å². The average Bonchev–Trinajstić information content (AvgIpc) is 3.29. The summed E-state index contributed by atoms with van der Waals surface area (Å²) in [6.07, 6.45) is 4.89. The van der Waals surface area contributed by atoms with Crippen LogP contribution in [0.15, 0.2) is 53.6 Å². The van der Waals surface area contributed by atoms with Crippen LogP contribution < -0.4 is 20.3 Å². The summed E-state index contributed by atoms with van der Waals surface area (Å²) in [5.74, 6) is -0.332. The second kappa shape index (κ2) is 11.0. The molecular weight excluding hydrogens is 472 g/mol. The van der Waals surface area contributed by atoms with E-state index in [-0.39, 0.29) is 23.7 Å². The summed E-state index contributed by atoms with van der Waals surface area (Å²) in [7, 11) is 3.15. The Labute approximate surface area is 205 Å². The smallest absolute Gasteiger partial charge is 0.300 e. The lowest BCUT2D eigenvalue weighted by Crippen LogP contribution is -2.25. The molecule has 0 unspecified atom stereocenters. The molecule has 4 rings (SSSR count). The van der Waals surface area contributed by atoms with Crippen LogP contribution in [0.2, 0.25) is 0 Å². The van der Waals surface area contributed by atoms with E-state index in [9.17, 15) is 18.4 Å². The Morgan fingerprint density at radius 1 is 0.972 bits per heavy atom. The molecule has 0 fully saturated rings. The Kier molecular flexibility index (Phi) is 7.57. The lowest BCUT2D eigenvalue weighted by molar-refractivity contribution is -0.121. The molecule has 4 aromatic rings. The largest absolute Gasteiger partial charge is 0.493 e. The summed E-state index contributed by atoms with van der Waals surface area (Å²) in [6.45, 7) is 0.478. The fraction of sp³-hybridized carbons (Fsp3) is 0.280. The van der Waals surface area contributed by atoms with Gasteiger partial charge in [-0.1, -0.05) is 6.07 Å². The highest BCUT2D eigenvalue weighted by molar-refractivity contribution is 5.75. The topological polar surface area (TPSA) is 99.8 Å². The zero-order valence-corrected chi connectivity index (χ0v) is 19.8. The van der Waals surface area contributed by atoms with E-state index in [1.54, 1.807) is 20.4 Å². The first-order valence-corrected chi connectivity index (χ1v) is 11.3. The molecular formula is C25H25F2N5O4. The van der Waals surface area contributed by atoms with Gasteiger partial charge in [-0.2, -0.15) is 0 Å². The van der Waals surface area contributed by atoms with Crippen LogP contribution in [0.3, 0.4) is 0 Å². The number of halogens is 2. The number of amides is 1. The number of nitrogens with zero attached hydrogens (tertiary/aromatic N) is 4. The summed E-state index contributed by atoms with van der Waals surface area (Å²) in [6, 6.07) is 8.82. The van der Waals surface area contributed by atoms with Crippen LogP contribution in [0.25, 0.3) is 11.3 Å². The third-order valence-electron chi connectivity index (χ3n) is 5.71. The van der Waals surface area contributed by atoms with Crippen molar-refractivity contribution >= 4 is 11.6 Å². The van der Waals surface area contributed by atoms with Crippen molar-refractivity contribution in [3.63, 3.8) is 0 Å². The Morgan fingerprint density at radius 3 is 2.53 bits per heavy atom. The summed E-state index contributed by atoms with van der Waals surface area (Å²) >= 11 is 0. The van der Waals surface area contributed by atoms with Crippen LogP contribution in [0.1, 0.15) is 24.2 Å². The van der Waals surface area contributed by atoms with Gasteiger partial charge in [-0.3, -0.25) is 18.6 Å². The minimum Gasteiger partial charge on any atom is -0.493 e. The Morgan fingerprint density at radius 2 is 1.78 bits per heavy atom. The first-order valence-electron chi connectivity index (χ1n) is 11.3. The fourth-order valence-electron chi connectivity index (χ4n) is 3.82. The Bertz CT molecular complexity index is 1450. The number of aryl methyl sites for hydroxylation is 1. The van der Waals surface area contributed by atoms with E-state index >= 15 is 0 Å². The van der Waals surface area contributed by atoms with Gasteiger partial charge >= 0.3 is 5.56 Å². The van der Waals surface area contributed by atoms with Gasteiger partial charge in [0.15, 0.2) is 23.1 Å². The van der Waals surface area contributed by atoms with Crippen LogP contribution in [0, 0.1) is 11.6 Å². The molecule has 0 atom stereocenters. The van der Waals surface area contributed by atoms with Gasteiger partial charge in [0.25, 0.3) is 0 Å². The molecule has 2 heterocycles. The number of rotatable bonds is 10. The van der Waals surface area contributed by atoms with Crippen LogP contribution in [0.4, 0.5) is 8.78 Å². The van der Waals surface area contributed by atoms with Gasteiger partial charge in [-0.05, 0) is 42.7 Å². The number of benzene rings is 2. The normalized spacial score (nSPS) is 11.0. The molecule has 9 nitrogen and oxygen atoms in total. The summed E-state index contributed by atoms with van der Waals surface area (Å²) in [4.78, 5) is 25.0. The average molecular weight is 498 g/mol. The lowest BCUT2D eigenvalue weighted by Gasteiger charge is -2.10. The van der Waals surface area contributed by atoms with Crippen molar-refractivity contribution < 1.29 is 23.0 Å². The number of carbonyl (C=O) groups is 1. The number of carbonyl (C=O) groups excluding carboxylic acids is 1. The molecule has 0 aliphatic rings. The van der Waals surface area contributed by atoms with Crippen molar-refractivity contribution in [2.75, 3.05) is 20.8 Å². The number of nitrogens with one attached hydrogen (secondary N) is 1. The molecule has 0 radical (unpaired) electrons. The van der Waals surface area contributed by atoms with Crippen LogP contribution in [-0.4, -0.2) is 45.8 Å². The van der Waals surface area contributed by atoms with Crippen LogP contribution in [-0.2, 0) is 17.6 Å². The molecule has 11 heteroatoms. The molecule has 0 spiro atoms. The van der Waals surface area contributed by atoms with E-state index in [2.05, 4.69) is 15.5 Å². The highest BCUT2D eigenvalue weighted by Gasteiger charge is 2.13. The monoisotopic (exact) mass is 497 g/mol. The third kappa shape index (κ3) is 5.35. The number of hydrogen-bond donors (Lipinski definition) is 1. The van der Waals surface area contributed by atoms with E-state index in [0.29, 0.717) is 43.1 Å². The van der Waals surface area contributed by atoms with Gasteiger partial charge in [-0.15, -0.1) is 10.2 Å². The van der Waals surface area contributed by atoms with E-state index < -0.39 is 17.2 Å². The van der Waals surface area contributed by atoms with Crippen molar-refractivity contribution in [2.24, 2.45) is 0 Å². The standard InChI is InChI=1S/C25H25F2N5O4/c1-35-20-9-6-16(14-21(20)36-2)10-11-28-23(33)5-3-4-22-29-30-24-25(34)31(12-13-32(22)24)17-7-8-18(26)19(27)15-17/h6-9,12-15H,3-5,10-11H2,1-2H3,(H,28,33). The predicted molar refractivity (Wildman–Crippen MR) is 128 cm³/mol. The van der Waals surface area contributed by atoms with Crippen molar-refractivity contribution in [2.45, 2.75) is 25.7 Å². The molecule has 2 aromatic carbocycles. The summed E-state index contributed by atoms with van der Waals surface area (Å²) < 4.78 is 40.0. The van der Waals surface area contributed by atoms with Gasteiger partial charge in [0, 0.05) is 37.8 Å². The van der Waals surface area contributed by atoms with Gasteiger partial charge in [0.05, 0.1) is 19.9 Å². The van der Waals surface area contributed by atoms with Crippen LogP contribution in [0.5, 0.6) is 11.5 Å². The zero-order valence-electron chi connectivity index (χ0n) is 19.8. The maximum atomic E-state index is 13.6. The predicted octanol–water partition coefficient (Wildman–Crippen LogP) is 2.86. The Hall–Kier alpha value is -4.28. The van der Waals surface area contributed by atoms with Gasteiger partial charge < -0.3 is 14.8 Å². The highest BCUT2D eigenvalue weighted by Crippen LogP contribution is 2.27. The zero-order chi connectivity index (χ0) is 25.7. The molecule has 0 saturated carbocycles. The molecule has 1 N–H and O–H groups in total. The van der Waals surface area contributed by atoms with Crippen molar-refractivity contribution in [1.82, 2.24) is 24.5 Å². The molecule has 2 aromatic heterocycles. The second-order valence-electron chi connectivity index (χ2n) is 8.02. The van der Waals surface area contributed by atoms with E-state index in [0.717, 1.165) is 17.7 Å². The number of ether oxygens (including phenoxy) is 2. The molecule has 188 valence electrons. The van der Waals surface area contributed by atoms with Crippen LogP contribution >= 0.6 is 0 Å². The van der Waals surface area contributed by atoms with Gasteiger partial charge in [0.1, 0.15) is 5.82 Å².